The van der Waals surface area contributed by atoms with E-state index in [0.717, 1.165) is 11.3 Å². The van der Waals surface area contributed by atoms with Gasteiger partial charge in [-0.2, -0.15) is 0 Å². The van der Waals surface area contributed by atoms with Crippen LogP contribution in [0, 0.1) is 17.3 Å². The van der Waals surface area contributed by atoms with Gasteiger partial charge in [-0.15, -0.1) is 0 Å². The monoisotopic (exact) mass is 124 g/mol. The molecule has 3 rings (SSSR count). The molecule has 0 aromatic carbocycles. The Labute approximate surface area is 57.6 Å². The summed E-state index contributed by atoms with van der Waals surface area (Å²) in [6, 6.07) is 0. The normalized spacial score (nSPS) is 46.3. The van der Waals surface area contributed by atoms with Gasteiger partial charge in [0.2, 0.25) is 0 Å². The van der Waals surface area contributed by atoms with Gasteiger partial charge in [0, 0.05) is 0 Å². The third-order valence-electron chi connectivity index (χ3n) is 3.01. The van der Waals surface area contributed by atoms with E-state index in [4.69, 9.17) is 0 Å². The molecule has 0 atom stereocenters. The maximum atomic E-state index is 2.35. The molecule has 0 heteroatoms. The minimum absolute atomic E-state index is 0.888. The largest absolute Gasteiger partial charge is 0.0628 e. The SMILES string of the molecule is CC(C)CC12CC(C1)C2. The molecule has 0 aromatic rings. The van der Waals surface area contributed by atoms with E-state index >= 15 is 0 Å². The molecular formula is C9H16. The lowest BCUT2D eigenvalue weighted by Gasteiger charge is -2.63. The molecule has 0 heterocycles. The molecule has 0 spiro atoms. The fraction of sp³-hybridized carbons (Fsp3) is 1.00. The van der Waals surface area contributed by atoms with Crippen LogP contribution >= 0.6 is 0 Å². The second-order valence-electron chi connectivity index (χ2n) is 4.58. The summed E-state index contributed by atoms with van der Waals surface area (Å²) in [5.41, 5.74) is 0.888. The van der Waals surface area contributed by atoms with Crippen LogP contribution in [-0.2, 0) is 0 Å². The molecule has 0 aromatic heterocycles. The van der Waals surface area contributed by atoms with E-state index < -0.39 is 0 Å². The molecule has 3 saturated carbocycles. The lowest BCUT2D eigenvalue weighted by Crippen LogP contribution is -2.52. The van der Waals surface area contributed by atoms with Crippen molar-refractivity contribution in [3.05, 3.63) is 0 Å². The molecule has 2 bridgehead atoms. The molecule has 0 amide bonds. The zero-order chi connectivity index (χ0) is 6.48. The van der Waals surface area contributed by atoms with Gasteiger partial charge in [0.25, 0.3) is 0 Å². The number of hydrogen-bond acceptors (Lipinski definition) is 0. The van der Waals surface area contributed by atoms with E-state index in [0.29, 0.717) is 0 Å². The molecule has 52 valence electrons. The van der Waals surface area contributed by atoms with Crippen LogP contribution in [0.1, 0.15) is 39.5 Å². The summed E-state index contributed by atoms with van der Waals surface area (Å²) in [6.07, 6.45) is 6.23. The first-order valence-electron chi connectivity index (χ1n) is 4.20. The van der Waals surface area contributed by atoms with Crippen LogP contribution in [-0.4, -0.2) is 0 Å². The topological polar surface area (TPSA) is 0 Å². The van der Waals surface area contributed by atoms with Crippen molar-refractivity contribution in [1.29, 1.82) is 0 Å². The van der Waals surface area contributed by atoms with E-state index in [1.165, 1.54) is 12.3 Å². The Kier molecular flexibility index (Phi) is 0.980. The van der Waals surface area contributed by atoms with E-state index in [2.05, 4.69) is 13.8 Å². The Morgan fingerprint density at radius 1 is 1.33 bits per heavy atom. The third kappa shape index (κ3) is 0.720. The molecule has 3 aliphatic carbocycles. The molecular weight excluding hydrogens is 108 g/mol. The third-order valence-corrected chi connectivity index (χ3v) is 3.01. The van der Waals surface area contributed by atoms with Crippen LogP contribution in [0.2, 0.25) is 0 Å². The summed E-state index contributed by atoms with van der Waals surface area (Å²) in [6.45, 7) is 4.70. The van der Waals surface area contributed by atoms with Crippen molar-refractivity contribution in [2.75, 3.05) is 0 Å². The van der Waals surface area contributed by atoms with Crippen molar-refractivity contribution in [1.82, 2.24) is 0 Å². The van der Waals surface area contributed by atoms with Crippen LogP contribution < -0.4 is 0 Å². The van der Waals surface area contributed by atoms with Gasteiger partial charge >= 0.3 is 0 Å². The van der Waals surface area contributed by atoms with Gasteiger partial charge in [-0.1, -0.05) is 13.8 Å². The predicted octanol–water partition coefficient (Wildman–Crippen LogP) is 2.83. The second-order valence-corrected chi connectivity index (χ2v) is 4.58. The van der Waals surface area contributed by atoms with Gasteiger partial charge in [-0.3, -0.25) is 0 Å². The highest BCUT2D eigenvalue weighted by molar-refractivity contribution is 5.06. The van der Waals surface area contributed by atoms with E-state index in [1.807, 2.05) is 0 Å². The first kappa shape index (κ1) is 5.76. The van der Waals surface area contributed by atoms with Gasteiger partial charge in [0.05, 0.1) is 0 Å². The molecule has 0 aliphatic heterocycles. The Bertz CT molecular complexity index is 107. The maximum Gasteiger partial charge on any atom is -0.0287 e. The Balaban J connectivity index is 1.85. The van der Waals surface area contributed by atoms with Crippen molar-refractivity contribution in [2.45, 2.75) is 39.5 Å². The van der Waals surface area contributed by atoms with E-state index in [-0.39, 0.29) is 0 Å². The van der Waals surface area contributed by atoms with Crippen molar-refractivity contribution >= 4 is 0 Å². The fourth-order valence-electron chi connectivity index (χ4n) is 2.77. The van der Waals surface area contributed by atoms with Gasteiger partial charge in [-0.25, -0.2) is 0 Å². The van der Waals surface area contributed by atoms with Gasteiger partial charge in [0.15, 0.2) is 0 Å². The molecule has 0 N–H and O–H groups in total. The van der Waals surface area contributed by atoms with E-state index in [9.17, 15) is 0 Å². The van der Waals surface area contributed by atoms with Crippen LogP contribution in [0.15, 0.2) is 0 Å². The summed E-state index contributed by atoms with van der Waals surface area (Å²) in [4.78, 5) is 0. The highest BCUT2D eigenvalue weighted by Gasteiger charge is 2.55. The minimum atomic E-state index is 0.888. The maximum absolute atomic E-state index is 2.35. The Hall–Kier alpha value is 0. The number of rotatable bonds is 2. The van der Waals surface area contributed by atoms with Crippen LogP contribution in [0.4, 0.5) is 0 Å². The Morgan fingerprint density at radius 2 is 1.89 bits per heavy atom. The lowest BCUT2D eigenvalue weighted by molar-refractivity contribution is -0.119. The Morgan fingerprint density at radius 3 is 2.00 bits per heavy atom. The fourth-order valence-corrected chi connectivity index (χ4v) is 2.77. The summed E-state index contributed by atoms with van der Waals surface area (Å²) in [5, 5.41) is 0. The molecule has 0 nitrogen and oxygen atoms in total. The first-order chi connectivity index (χ1) is 4.20. The minimum Gasteiger partial charge on any atom is -0.0628 e. The number of hydrogen-bond donors (Lipinski definition) is 0. The molecule has 0 unspecified atom stereocenters. The smallest absolute Gasteiger partial charge is 0.0287 e. The highest BCUT2D eigenvalue weighted by atomic mass is 14.6. The van der Waals surface area contributed by atoms with Crippen molar-refractivity contribution in [2.24, 2.45) is 17.3 Å². The highest BCUT2D eigenvalue weighted by Crippen LogP contribution is 2.67. The predicted molar refractivity (Wildman–Crippen MR) is 39.2 cm³/mol. The molecule has 3 aliphatic rings. The standard InChI is InChI=1S/C9H16/c1-7(2)3-9-4-8(5-9)6-9/h7-8H,3-6H2,1-2H3. The zero-order valence-electron chi connectivity index (χ0n) is 6.48. The molecule has 3 fully saturated rings. The van der Waals surface area contributed by atoms with Gasteiger partial charge in [-0.05, 0) is 42.9 Å². The van der Waals surface area contributed by atoms with Crippen molar-refractivity contribution in [3.63, 3.8) is 0 Å². The lowest BCUT2D eigenvalue weighted by atomic mass is 9.42. The summed E-state index contributed by atoms with van der Waals surface area (Å²) in [7, 11) is 0. The van der Waals surface area contributed by atoms with Crippen molar-refractivity contribution < 1.29 is 0 Å². The summed E-state index contributed by atoms with van der Waals surface area (Å²) in [5.74, 6) is 2.11. The van der Waals surface area contributed by atoms with Crippen molar-refractivity contribution in [3.8, 4) is 0 Å². The molecule has 0 radical (unpaired) electrons. The molecule has 0 saturated heterocycles. The first-order valence-corrected chi connectivity index (χ1v) is 4.20. The average Bonchev–Trinajstić information content (AvgIpc) is 1.50. The van der Waals surface area contributed by atoms with Crippen LogP contribution in [0.25, 0.3) is 0 Å². The average molecular weight is 124 g/mol. The van der Waals surface area contributed by atoms with Crippen LogP contribution in [0.3, 0.4) is 0 Å². The van der Waals surface area contributed by atoms with Gasteiger partial charge in [0.1, 0.15) is 0 Å². The second kappa shape index (κ2) is 1.53. The van der Waals surface area contributed by atoms with Crippen LogP contribution in [0.5, 0.6) is 0 Å². The quantitative estimate of drug-likeness (QED) is 0.531. The summed E-state index contributed by atoms with van der Waals surface area (Å²) < 4.78 is 0. The summed E-state index contributed by atoms with van der Waals surface area (Å²) >= 11 is 0. The zero-order valence-corrected chi connectivity index (χ0v) is 6.48. The van der Waals surface area contributed by atoms with E-state index in [1.54, 1.807) is 19.3 Å². The van der Waals surface area contributed by atoms with Gasteiger partial charge < -0.3 is 0 Å². The molecule has 9 heavy (non-hydrogen) atoms.